The van der Waals surface area contributed by atoms with Crippen molar-refractivity contribution in [1.82, 2.24) is 15.2 Å². The van der Waals surface area contributed by atoms with E-state index >= 15 is 0 Å². The molecule has 3 fully saturated rings. The Balaban J connectivity index is 1.68. The van der Waals surface area contributed by atoms with Crippen LogP contribution in [0.5, 0.6) is 0 Å². The van der Waals surface area contributed by atoms with Crippen LogP contribution >= 0.6 is 11.3 Å². The summed E-state index contributed by atoms with van der Waals surface area (Å²) in [6.07, 6.45) is 6.97. The van der Waals surface area contributed by atoms with Crippen LogP contribution in [-0.2, 0) is 4.79 Å². The van der Waals surface area contributed by atoms with E-state index in [1.807, 2.05) is 12.4 Å². The fourth-order valence-electron chi connectivity index (χ4n) is 3.68. The average Bonchev–Trinajstić information content (AvgIpc) is 2.85. The maximum Gasteiger partial charge on any atom is 0.244 e. The van der Waals surface area contributed by atoms with Crippen molar-refractivity contribution in [3.63, 3.8) is 0 Å². The zero-order chi connectivity index (χ0) is 13.7. The van der Waals surface area contributed by atoms with Crippen LogP contribution in [0.15, 0.2) is 5.51 Å². The minimum atomic E-state index is -0.268. The standard InChI is InChI=1S/C15H21N3OS/c1-10-12(20-9-16-10)13-17-15(6-2-3-7-15)14(19)18(13)8-11-4-5-11/h9,11,13,17H,2-8H2,1H3. The van der Waals surface area contributed by atoms with E-state index in [1.165, 1.54) is 30.6 Å². The van der Waals surface area contributed by atoms with Gasteiger partial charge in [-0.15, -0.1) is 11.3 Å². The van der Waals surface area contributed by atoms with E-state index in [2.05, 4.69) is 15.2 Å². The van der Waals surface area contributed by atoms with Crippen molar-refractivity contribution in [1.29, 1.82) is 0 Å². The smallest absolute Gasteiger partial charge is 0.244 e. The SMILES string of the molecule is Cc1ncsc1C1NC2(CCCC2)C(=O)N1CC1CC1. The quantitative estimate of drug-likeness (QED) is 0.931. The maximum atomic E-state index is 13.0. The Bertz CT molecular complexity index is 531. The average molecular weight is 291 g/mol. The fraction of sp³-hybridized carbons (Fsp3) is 0.733. The number of nitrogens with zero attached hydrogens (tertiary/aromatic N) is 2. The Hall–Kier alpha value is -0.940. The zero-order valence-electron chi connectivity index (χ0n) is 11.9. The topological polar surface area (TPSA) is 45.2 Å². The molecular formula is C15H21N3OS. The highest BCUT2D eigenvalue weighted by molar-refractivity contribution is 7.09. The van der Waals surface area contributed by atoms with Crippen LogP contribution in [-0.4, -0.2) is 27.9 Å². The number of nitrogens with one attached hydrogen (secondary N) is 1. The molecule has 1 aromatic rings. The monoisotopic (exact) mass is 291 g/mol. The van der Waals surface area contributed by atoms with Crippen molar-refractivity contribution in [3.05, 3.63) is 16.1 Å². The van der Waals surface area contributed by atoms with Crippen LogP contribution in [0.3, 0.4) is 0 Å². The van der Waals surface area contributed by atoms with E-state index in [0.717, 1.165) is 31.0 Å². The number of thiazole rings is 1. The molecule has 1 atom stereocenters. The summed E-state index contributed by atoms with van der Waals surface area (Å²) in [7, 11) is 0. The molecule has 0 radical (unpaired) electrons. The van der Waals surface area contributed by atoms with Gasteiger partial charge in [0.05, 0.1) is 21.6 Å². The molecule has 4 rings (SSSR count). The number of hydrogen-bond acceptors (Lipinski definition) is 4. The summed E-state index contributed by atoms with van der Waals surface area (Å²) in [5.74, 6) is 1.08. The summed E-state index contributed by atoms with van der Waals surface area (Å²) in [5, 5.41) is 3.69. The first kappa shape index (κ1) is 12.8. The van der Waals surface area contributed by atoms with Crippen LogP contribution in [0.1, 0.15) is 55.3 Å². The number of rotatable bonds is 3. The number of carbonyl (C=O) groups excluding carboxylic acids is 1. The lowest BCUT2D eigenvalue weighted by Crippen LogP contribution is -2.44. The number of aromatic nitrogens is 1. The third-order valence-corrected chi connectivity index (χ3v) is 6.02. The van der Waals surface area contributed by atoms with Gasteiger partial charge in [-0.3, -0.25) is 10.1 Å². The zero-order valence-corrected chi connectivity index (χ0v) is 12.7. The number of hydrogen-bond donors (Lipinski definition) is 1. The second kappa shape index (κ2) is 4.53. The Morgan fingerprint density at radius 3 is 2.80 bits per heavy atom. The lowest BCUT2D eigenvalue weighted by atomic mass is 9.98. The van der Waals surface area contributed by atoms with Crippen molar-refractivity contribution >= 4 is 17.2 Å². The fourth-order valence-corrected chi connectivity index (χ4v) is 4.54. The first-order valence-corrected chi connectivity index (χ1v) is 8.56. The molecule has 4 nitrogen and oxygen atoms in total. The highest BCUT2D eigenvalue weighted by atomic mass is 32.1. The third kappa shape index (κ3) is 1.91. The van der Waals surface area contributed by atoms with Gasteiger partial charge in [0.1, 0.15) is 6.17 Å². The molecule has 1 spiro atoms. The van der Waals surface area contributed by atoms with Gasteiger partial charge in [0.15, 0.2) is 0 Å². The van der Waals surface area contributed by atoms with Crippen LogP contribution < -0.4 is 5.32 Å². The van der Waals surface area contributed by atoms with E-state index in [-0.39, 0.29) is 11.7 Å². The normalized spacial score (nSPS) is 28.8. The van der Waals surface area contributed by atoms with Crippen LogP contribution in [0, 0.1) is 12.8 Å². The highest BCUT2D eigenvalue weighted by Gasteiger charge is 2.53. The molecule has 20 heavy (non-hydrogen) atoms. The Morgan fingerprint density at radius 2 is 2.20 bits per heavy atom. The Morgan fingerprint density at radius 1 is 1.45 bits per heavy atom. The van der Waals surface area contributed by atoms with Crippen LogP contribution in [0.2, 0.25) is 0 Å². The predicted octanol–water partition coefficient (Wildman–Crippen LogP) is 2.60. The summed E-state index contributed by atoms with van der Waals surface area (Å²) in [6, 6.07) is 0. The van der Waals surface area contributed by atoms with Crippen LogP contribution in [0.4, 0.5) is 0 Å². The lowest BCUT2D eigenvalue weighted by Gasteiger charge is -2.23. The second-order valence-electron chi connectivity index (χ2n) is 6.54. The van der Waals surface area contributed by atoms with Gasteiger partial charge >= 0.3 is 0 Å². The van der Waals surface area contributed by atoms with Crippen molar-refractivity contribution < 1.29 is 4.79 Å². The van der Waals surface area contributed by atoms with Crippen molar-refractivity contribution in [3.8, 4) is 0 Å². The summed E-state index contributed by atoms with van der Waals surface area (Å²) >= 11 is 1.67. The van der Waals surface area contributed by atoms with Gasteiger partial charge < -0.3 is 4.90 Å². The molecule has 1 N–H and O–H groups in total. The van der Waals surface area contributed by atoms with Crippen molar-refractivity contribution in [2.45, 2.75) is 57.2 Å². The molecule has 1 saturated heterocycles. The maximum absolute atomic E-state index is 13.0. The first-order chi connectivity index (χ1) is 9.70. The van der Waals surface area contributed by atoms with E-state index in [0.29, 0.717) is 5.91 Å². The Kier molecular flexibility index (Phi) is 2.89. The molecule has 1 amide bonds. The lowest BCUT2D eigenvalue weighted by molar-refractivity contribution is -0.133. The molecule has 108 valence electrons. The summed E-state index contributed by atoms with van der Waals surface area (Å²) < 4.78 is 0. The third-order valence-electron chi connectivity index (χ3n) is 5.03. The van der Waals surface area contributed by atoms with E-state index in [1.54, 1.807) is 11.3 Å². The molecular weight excluding hydrogens is 270 g/mol. The van der Waals surface area contributed by atoms with Gasteiger partial charge in [-0.1, -0.05) is 12.8 Å². The molecule has 2 heterocycles. The number of amides is 1. The molecule has 2 saturated carbocycles. The minimum absolute atomic E-state index is 0.0636. The molecule has 5 heteroatoms. The number of carbonyl (C=O) groups is 1. The Labute approximate surface area is 123 Å². The summed E-state index contributed by atoms with van der Waals surface area (Å²) in [6.45, 7) is 2.97. The van der Waals surface area contributed by atoms with Gasteiger partial charge in [0, 0.05) is 6.54 Å². The predicted molar refractivity (Wildman–Crippen MR) is 78.4 cm³/mol. The summed E-state index contributed by atoms with van der Waals surface area (Å²) in [4.78, 5) is 20.7. The van der Waals surface area contributed by atoms with Gasteiger partial charge in [0.2, 0.25) is 5.91 Å². The molecule has 3 aliphatic rings. The first-order valence-electron chi connectivity index (χ1n) is 7.68. The molecule has 0 aromatic carbocycles. The molecule has 0 bridgehead atoms. The molecule has 1 aromatic heterocycles. The van der Waals surface area contributed by atoms with E-state index in [4.69, 9.17) is 0 Å². The summed E-state index contributed by atoms with van der Waals surface area (Å²) in [5.41, 5.74) is 2.69. The second-order valence-corrected chi connectivity index (χ2v) is 7.43. The van der Waals surface area contributed by atoms with Gasteiger partial charge in [-0.05, 0) is 38.5 Å². The van der Waals surface area contributed by atoms with Crippen molar-refractivity contribution in [2.24, 2.45) is 5.92 Å². The van der Waals surface area contributed by atoms with E-state index in [9.17, 15) is 4.79 Å². The molecule has 1 aliphatic heterocycles. The minimum Gasteiger partial charge on any atom is -0.320 e. The van der Waals surface area contributed by atoms with Crippen molar-refractivity contribution in [2.75, 3.05) is 6.54 Å². The highest BCUT2D eigenvalue weighted by Crippen LogP contribution is 2.44. The largest absolute Gasteiger partial charge is 0.320 e. The molecule has 1 unspecified atom stereocenters. The van der Waals surface area contributed by atoms with Crippen LogP contribution in [0.25, 0.3) is 0 Å². The number of aryl methyl sites for hydroxylation is 1. The van der Waals surface area contributed by atoms with Gasteiger partial charge in [0.25, 0.3) is 0 Å². The van der Waals surface area contributed by atoms with E-state index < -0.39 is 0 Å². The molecule has 2 aliphatic carbocycles. The van der Waals surface area contributed by atoms with Gasteiger partial charge in [-0.25, -0.2) is 4.98 Å². The van der Waals surface area contributed by atoms with Gasteiger partial charge in [-0.2, -0.15) is 0 Å².